The van der Waals surface area contributed by atoms with Crippen molar-refractivity contribution < 1.29 is 13.2 Å². The number of rotatable bonds is 3. The largest absolute Gasteiger partial charge is 0.418 e. The van der Waals surface area contributed by atoms with Gasteiger partial charge in [-0.15, -0.1) is 0 Å². The molecule has 2 aromatic heterocycles. The Morgan fingerprint density at radius 1 is 1.19 bits per heavy atom. The molecule has 1 aliphatic rings. The number of nitrogens with one attached hydrogen (secondary N) is 1. The van der Waals surface area contributed by atoms with E-state index >= 15 is 0 Å². The van der Waals surface area contributed by atoms with E-state index in [0.717, 1.165) is 6.07 Å². The highest BCUT2D eigenvalue weighted by Gasteiger charge is 2.37. The number of nitrogens with two attached hydrogens (primary N) is 1. The topological polar surface area (TPSA) is 110 Å². The molecule has 0 fully saturated rings. The predicted octanol–water partition coefficient (Wildman–Crippen LogP) is 3.13. The zero-order valence-electron chi connectivity index (χ0n) is 16.4. The maximum Gasteiger partial charge on any atom is 0.418 e. The number of halogens is 4. The molecule has 3 N–H and O–H groups in total. The fourth-order valence-electron chi connectivity index (χ4n) is 3.32. The van der Waals surface area contributed by atoms with E-state index in [9.17, 15) is 13.2 Å². The Balaban J connectivity index is 1.73. The molecule has 3 heterocycles. The van der Waals surface area contributed by atoms with Gasteiger partial charge >= 0.3 is 6.18 Å². The minimum atomic E-state index is -4.57. The number of nitrogens with zero attached hydrogens (tertiary/aromatic N) is 7. The van der Waals surface area contributed by atoms with Gasteiger partial charge in [0.05, 0.1) is 17.3 Å². The van der Waals surface area contributed by atoms with Crippen molar-refractivity contribution >= 4 is 28.9 Å². The summed E-state index contributed by atoms with van der Waals surface area (Å²) in [6.45, 7) is 1.81. The number of hydrogen-bond acceptors (Lipinski definition) is 8. The van der Waals surface area contributed by atoms with E-state index in [-0.39, 0.29) is 28.8 Å². The van der Waals surface area contributed by atoms with Gasteiger partial charge < -0.3 is 16.0 Å². The highest BCUT2D eigenvalue weighted by Crippen LogP contribution is 2.40. The average molecular weight is 452 g/mol. The average Bonchev–Trinajstić information content (AvgIpc) is 3.21. The smallest absolute Gasteiger partial charge is 0.384 e. The van der Waals surface area contributed by atoms with Crippen LogP contribution < -0.4 is 11.1 Å². The second-order valence-electron chi connectivity index (χ2n) is 6.81. The quantitative estimate of drug-likeness (QED) is 0.629. The monoisotopic (exact) mass is 451 g/mol. The fourth-order valence-corrected chi connectivity index (χ4v) is 3.54. The Kier molecular flexibility index (Phi) is 5.17. The molecule has 0 radical (unpaired) electrons. The van der Waals surface area contributed by atoms with Gasteiger partial charge in [0.1, 0.15) is 31.0 Å². The molecule has 4 rings (SSSR count). The van der Waals surface area contributed by atoms with Crippen LogP contribution in [0.25, 0.3) is 5.82 Å². The summed E-state index contributed by atoms with van der Waals surface area (Å²) in [5.74, 6) is 1.50. The maximum absolute atomic E-state index is 13.5. The fraction of sp³-hybridized carbons (Fsp3) is 0.278. The molecule has 0 saturated carbocycles. The summed E-state index contributed by atoms with van der Waals surface area (Å²) in [6.07, 6.45) is -1.91. The number of aromatic nitrogens is 5. The molecule has 0 bridgehead atoms. The van der Waals surface area contributed by atoms with Gasteiger partial charge in [-0.25, -0.2) is 19.9 Å². The lowest BCUT2D eigenvalue weighted by Gasteiger charge is -2.32. The third-order valence-electron chi connectivity index (χ3n) is 4.89. The summed E-state index contributed by atoms with van der Waals surface area (Å²) in [6, 6.07) is 3.46. The number of benzene rings is 1. The van der Waals surface area contributed by atoms with Gasteiger partial charge in [0.25, 0.3) is 0 Å². The molecule has 1 aliphatic heterocycles. The van der Waals surface area contributed by atoms with E-state index in [0.29, 0.717) is 17.5 Å². The molecule has 31 heavy (non-hydrogen) atoms. The highest BCUT2D eigenvalue weighted by atomic mass is 35.5. The van der Waals surface area contributed by atoms with Crippen molar-refractivity contribution in [2.45, 2.75) is 19.1 Å². The maximum atomic E-state index is 13.5. The van der Waals surface area contributed by atoms with E-state index in [4.69, 9.17) is 17.3 Å². The van der Waals surface area contributed by atoms with Crippen LogP contribution in [0.15, 0.2) is 35.8 Å². The van der Waals surface area contributed by atoms with Crippen molar-refractivity contribution in [1.29, 1.82) is 0 Å². The Hall–Kier alpha value is -3.41. The van der Waals surface area contributed by atoms with Gasteiger partial charge in [0, 0.05) is 23.7 Å². The van der Waals surface area contributed by atoms with Crippen molar-refractivity contribution in [2.75, 3.05) is 24.8 Å². The number of hydrogen-bond donors (Lipinski definition) is 2. The van der Waals surface area contributed by atoms with Gasteiger partial charge in [-0.1, -0.05) is 11.6 Å². The first-order valence-electron chi connectivity index (χ1n) is 9.07. The second-order valence-corrected chi connectivity index (χ2v) is 7.24. The Morgan fingerprint density at radius 3 is 2.68 bits per heavy atom. The van der Waals surface area contributed by atoms with Crippen LogP contribution in [0.1, 0.15) is 29.9 Å². The SMILES string of the molecule is CC(c1ncnn1-c1cc(N)ncn1)N(C)C1=NCNc2c1cc(Cl)cc2C(F)(F)F. The molecule has 9 nitrogen and oxygen atoms in total. The molecule has 1 unspecified atom stereocenters. The summed E-state index contributed by atoms with van der Waals surface area (Å²) in [7, 11) is 1.71. The van der Waals surface area contributed by atoms with Crippen molar-refractivity contribution in [3.63, 3.8) is 0 Å². The first-order valence-corrected chi connectivity index (χ1v) is 9.44. The Labute approximate surface area is 179 Å². The number of fused-ring (bicyclic) bond motifs is 1. The molecule has 13 heteroatoms. The van der Waals surface area contributed by atoms with Crippen molar-refractivity contribution in [3.05, 3.63) is 52.8 Å². The van der Waals surface area contributed by atoms with Gasteiger partial charge in [-0.2, -0.15) is 23.0 Å². The first-order chi connectivity index (χ1) is 14.7. The van der Waals surface area contributed by atoms with Gasteiger partial charge in [0.2, 0.25) is 0 Å². The van der Waals surface area contributed by atoms with Crippen LogP contribution in [-0.2, 0) is 6.18 Å². The molecular weight excluding hydrogens is 435 g/mol. The molecule has 1 atom stereocenters. The van der Waals surface area contributed by atoms with Crippen LogP contribution in [0, 0.1) is 0 Å². The van der Waals surface area contributed by atoms with Crippen LogP contribution in [0.5, 0.6) is 0 Å². The molecule has 3 aromatic rings. The zero-order chi connectivity index (χ0) is 22.3. The minimum absolute atomic E-state index is 0.0146. The van der Waals surface area contributed by atoms with E-state index in [1.165, 1.54) is 29.5 Å². The highest BCUT2D eigenvalue weighted by molar-refractivity contribution is 6.31. The number of alkyl halides is 3. The summed E-state index contributed by atoms with van der Waals surface area (Å²) in [5.41, 5.74) is 5.07. The third-order valence-corrected chi connectivity index (χ3v) is 5.11. The lowest BCUT2D eigenvalue weighted by molar-refractivity contribution is -0.137. The van der Waals surface area contributed by atoms with E-state index in [1.807, 2.05) is 6.92 Å². The second kappa shape index (κ2) is 7.69. The van der Waals surface area contributed by atoms with E-state index < -0.39 is 17.8 Å². The van der Waals surface area contributed by atoms with Crippen LogP contribution in [0.3, 0.4) is 0 Å². The lowest BCUT2D eigenvalue weighted by Crippen LogP contribution is -2.35. The van der Waals surface area contributed by atoms with Crippen molar-refractivity contribution in [3.8, 4) is 5.82 Å². The summed E-state index contributed by atoms with van der Waals surface area (Å²) < 4.78 is 42.1. The number of nitrogen functional groups attached to an aromatic ring is 1. The van der Waals surface area contributed by atoms with Crippen molar-refractivity contribution in [1.82, 2.24) is 29.6 Å². The number of aliphatic imine (C=N–C) groups is 1. The summed E-state index contributed by atoms with van der Waals surface area (Å²) >= 11 is 6.00. The molecular formula is C18H17ClF3N9. The Bertz CT molecular complexity index is 1160. The molecule has 0 spiro atoms. The molecule has 0 aliphatic carbocycles. The van der Waals surface area contributed by atoms with Gasteiger partial charge in [0.15, 0.2) is 11.6 Å². The van der Waals surface area contributed by atoms with Crippen LogP contribution in [0.2, 0.25) is 5.02 Å². The molecule has 0 saturated heterocycles. The van der Waals surface area contributed by atoms with Gasteiger partial charge in [-0.05, 0) is 19.1 Å². The standard InChI is InChI=1S/C18H17ClF3N9/c1-9(16-28-8-29-31(16)14-5-13(23)24-6-25-14)30(2)17-11-3-10(19)4-12(18(20,21)22)15(11)26-7-27-17/h3-6,8-9,26H,7H2,1-2H3,(H2,23,24,25). The van der Waals surface area contributed by atoms with Crippen molar-refractivity contribution in [2.24, 2.45) is 4.99 Å². The zero-order valence-corrected chi connectivity index (χ0v) is 17.1. The van der Waals surface area contributed by atoms with Crippen LogP contribution in [0.4, 0.5) is 24.7 Å². The Morgan fingerprint density at radius 2 is 1.97 bits per heavy atom. The van der Waals surface area contributed by atoms with E-state index in [1.54, 1.807) is 11.9 Å². The minimum Gasteiger partial charge on any atom is -0.384 e. The number of anilines is 2. The molecule has 1 aromatic carbocycles. The summed E-state index contributed by atoms with van der Waals surface area (Å²) in [4.78, 5) is 18.4. The first kappa shape index (κ1) is 20.8. The normalized spacial score (nSPS) is 14.5. The van der Waals surface area contributed by atoms with Gasteiger partial charge in [-0.3, -0.25) is 0 Å². The molecule has 162 valence electrons. The van der Waals surface area contributed by atoms with Crippen LogP contribution >= 0.6 is 11.6 Å². The molecule has 0 amide bonds. The van der Waals surface area contributed by atoms with Crippen LogP contribution in [-0.4, -0.2) is 49.2 Å². The number of amidine groups is 1. The summed E-state index contributed by atoms with van der Waals surface area (Å²) in [5, 5.41) is 6.86. The predicted molar refractivity (Wildman–Crippen MR) is 109 cm³/mol. The third kappa shape index (κ3) is 3.85. The lowest BCUT2D eigenvalue weighted by atomic mass is 10.0. The van der Waals surface area contributed by atoms with E-state index in [2.05, 4.69) is 30.4 Å².